The summed E-state index contributed by atoms with van der Waals surface area (Å²) in [5, 5.41) is 8.80. The molecule has 0 atom stereocenters. The number of aromatic nitrogens is 1. The molecular weight excluding hydrogens is 190 g/mol. The van der Waals surface area contributed by atoms with Gasteiger partial charge in [0.05, 0.1) is 5.69 Å². The third-order valence-electron chi connectivity index (χ3n) is 2.31. The molecule has 0 aliphatic rings. The van der Waals surface area contributed by atoms with Crippen LogP contribution in [-0.4, -0.2) is 16.7 Å². The van der Waals surface area contributed by atoms with Crippen molar-refractivity contribution in [2.45, 2.75) is 52.4 Å². The summed E-state index contributed by atoms with van der Waals surface area (Å²) in [5.74, 6) is 1.76. The van der Waals surface area contributed by atoms with E-state index < -0.39 is 0 Å². The highest BCUT2D eigenvalue weighted by atomic mass is 16.4. The number of nitrogens with zero attached hydrogens (tertiary/aromatic N) is 1. The van der Waals surface area contributed by atoms with Crippen LogP contribution in [0.1, 0.15) is 51.5 Å². The predicted molar refractivity (Wildman–Crippen MR) is 60.0 cm³/mol. The molecule has 1 aromatic rings. The zero-order valence-electron chi connectivity index (χ0n) is 10.1. The van der Waals surface area contributed by atoms with Gasteiger partial charge >= 0.3 is 0 Å². The molecule has 0 bridgehead atoms. The number of oxazole rings is 1. The van der Waals surface area contributed by atoms with E-state index in [1.165, 1.54) is 0 Å². The maximum Gasteiger partial charge on any atom is 0.200 e. The molecule has 0 amide bonds. The van der Waals surface area contributed by atoms with Crippen molar-refractivity contribution in [3.63, 3.8) is 0 Å². The van der Waals surface area contributed by atoms with Crippen molar-refractivity contribution in [2.24, 2.45) is 0 Å². The van der Waals surface area contributed by atoms with Gasteiger partial charge in [0.15, 0.2) is 5.89 Å². The van der Waals surface area contributed by atoms with E-state index in [0.717, 1.165) is 36.6 Å². The van der Waals surface area contributed by atoms with Gasteiger partial charge in [-0.25, -0.2) is 4.98 Å². The second-order valence-electron chi connectivity index (χ2n) is 4.82. The molecule has 1 N–H and O–H groups in total. The molecule has 1 rings (SSSR count). The Morgan fingerprint density at radius 1 is 1.33 bits per heavy atom. The van der Waals surface area contributed by atoms with Crippen molar-refractivity contribution < 1.29 is 9.52 Å². The molecule has 0 saturated carbocycles. The Bertz CT molecular complexity index is 310. The fourth-order valence-corrected chi connectivity index (χ4v) is 1.42. The van der Waals surface area contributed by atoms with Crippen molar-refractivity contribution in [3.05, 3.63) is 17.3 Å². The second kappa shape index (κ2) is 4.79. The molecule has 3 heteroatoms. The quantitative estimate of drug-likeness (QED) is 0.832. The topological polar surface area (TPSA) is 46.3 Å². The molecule has 0 aromatic carbocycles. The first kappa shape index (κ1) is 12.2. The van der Waals surface area contributed by atoms with Crippen LogP contribution in [0.15, 0.2) is 4.42 Å². The van der Waals surface area contributed by atoms with E-state index in [2.05, 4.69) is 32.7 Å². The highest BCUT2D eigenvalue weighted by molar-refractivity contribution is 5.13. The van der Waals surface area contributed by atoms with Crippen molar-refractivity contribution in [1.82, 2.24) is 4.98 Å². The third-order valence-corrected chi connectivity index (χ3v) is 2.31. The maximum absolute atomic E-state index is 8.80. The predicted octanol–water partition coefficient (Wildman–Crippen LogP) is 2.46. The standard InChI is InChI=1S/C12H21NO2/c1-5-10-9(7-6-8-14)13-11(15-10)12(2,3)4/h14H,5-8H2,1-4H3. The monoisotopic (exact) mass is 211 g/mol. The maximum atomic E-state index is 8.80. The Morgan fingerprint density at radius 2 is 2.00 bits per heavy atom. The number of aliphatic hydroxyl groups excluding tert-OH is 1. The van der Waals surface area contributed by atoms with Crippen LogP contribution in [-0.2, 0) is 18.3 Å². The van der Waals surface area contributed by atoms with Crippen LogP contribution in [0, 0.1) is 0 Å². The Morgan fingerprint density at radius 3 is 2.47 bits per heavy atom. The lowest BCUT2D eigenvalue weighted by atomic mass is 9.97. The minimum atomic E-state index is -0.0403. The normalized spacial score (nSPS) is 12.1. The Kier molecular flexibility index (Phi) is 3.91. The lowest BCUT2D eigenvalue weighted by Crippen LogP contribution is -2.11. The van der Waals surface area contributed by atoms with E-state index in [0.29, 0.717) is 0 Å². The summed E-state index contributed by atoms with van der Waals surface area (Å²) in [6, 6.07) is 0. The van der Waals surface area contributed by atoms with E-state index in [-0.39, 0.29) is 12.0 Å². The summed E-state index contributed by atoms with van der Waals surface area (Å²) in [6.45, 7) is 8.55. The second-order valence-corrected chi connectivity index (χ2v) is 4.82. The molecule has 15 heavy (non-hydrogen) atoms. The molecule has 3 nitrogen and oxygen atoms in total. The summed E-state index contributed by atoms with van der Waals surface area (Å²) in [6.07, 6.45) is 2.42. The van der Waals surface area contributed by atoms with Crippen molar-refractivity contribution in [2.75, 3.05) is 6.61 Å². The number of hydrogen-bond acceptors (Lipinski definition) is 3. The summed E-state index contributed by atoms with van der Waals surface area (Å²) < 4.78 is 5.73. The molecule has 0 aliphatic carbocycles. The molecule has 86 valence electrons. The van der Waals surface area contributed by atoms with Crippen LogP contribution in [0.3, 0.4) is 0 Å². The molecule has 0 saturated heterocycles. The van der Waals surface area contributed by atoms with Crippen LogP contribution in [0.2, 0.25) is 0 Å². The van der Waals surface area contributed by atoms with Crippen LogP contribution in [0.5, 0.6) is 0 Å². The fourth-order valence-electron chi connectivity index (χ4n) is 1.42. The average molecular weight is 211 g/mol. The lowest BCUT2D eigenvalue weighted by Gasteiger charge is -2.12. The van der Waals surface area contributed by atoms with Gasteiger partial charge in [-0.15, -0.1) is 0 Å². The number of rotatable bonds is 4. The lowest BCUT2D eigenvalue weighted by molar-refractivity contribution is 0.288. The smallest absolute Gasteiger partial charge is 0.200 e. The first-order valence-corrected chi connectivity index (χ1v) is 5.59. The molecule has 0 radical (unpaired) electrons. The third kappa shape index (κ3) is 3.06. The zero-order valence-corrected chi connectivity index (χ0v) is 10.1. The molecule has 0 spiro atoms. The van der Waals surface area contributed by atoms with E-state index >= 15 is 0 Å². The number of hydrogen-bond donors (Lipinski definition) is 1. The van der Waals surface area contributed by atoms with Gasteiger partial charge in [-0.1, -0.05) is 27.7 Å². The molecule has 0 fully saturated rings. The van der Waals surface area contributed by atoms with Crippen LogP contribution < -0.4 is 0 Å². The first-order valence-electron chi connectivity index (χ1n) is 5.59. The van der Waals surface area contributed by atoms with Gasteiger partial charge in [0.1, 0.15) is 5.76 Å². The fraction of sp³-hybridized carbons (Fsp3) is 0.750. The van der Waals surface area contributed by atoms with Gasteiger partial charge in [-0.2, -0.15) is 0 Å². The van der Waals surface area contributed by atoms with Crippen LogP contribution >= 0.6 is 0 Å². The number of aryl methyl sites for hydroxylation is 2. The van der Waals surface area contributed by atoms with Crippen molar-refractivity contribution in [3.8, 4) is 0 Å². The van der Waals surface area contributed by atoms with Gasteiger partial charge in [-0.3, -0.25) is 0 Å². The van der Waals surface area contributed by atoms with Gasteiger partial charge in [-0.05, 0) is 12.8 Å². The van der Waals surface area contributed by atoms with Crippen LogP contribution in [0.25, 0.3) is 0 Å². The summed E-state index contributed by atoms with van der Waals surface area (Å²) in [4.78, 5) is 4.51. The van der Waals surface area contributed by atoms with Crippen molar-refractivity contribution in [1.29, 1.82) is 0 Å². The minimum Gasteiger partial charge on any atom is -0.445 e. The SMILES string of the molecule is CCc1oc(C(C)(C)C)nc1CCCO. The molecule has 0 aliphatic heterocycles. The van der Waals surface area contributed by atoms with Gasteiger partial charge < -0.3 is 9.52 Å². The summed E-state index contributed by atoms with van der Waals surface area (Å²) in [7, 11) is 0. The zero-order chi connectivity index (χ0) is 11.5. The van der Waals surface area contributed by atoms with E-state index in [1.54, 1.807) is 0 Å². The van der Waals surface area contributed by atoms with Crippen molar-refractivity contribution >= 4 is 0 Å². The Hall–Kier alpha value is -0.830. The van der Waals surface area contributed by atoms with Gasteiger partial charge in [0.2, 0.25) is 0 Å². The highest BCUT2D eigenvalue weighted by Crippen LogP contribution is 2.24. The highest BCUT2D eigenvalue weighted by Gasteiger charge is 2.22. The number of aliphatic hydroxyl groups is 1. The Balaban J connectivity index is 2.90. The molecule has 1 aromatic heterocycles. The Labute approximate surface area is 91.5 Å². The van der Waals surface area contributed by atoms with Gasteiger partial charge in [0, 0.05) is 18.4 Å². The minimum absolute atomic E-state index is 0.0403. The summed E-state index contributed by atoms with van der Waals surface area (Å²) in [5.41, 5.74) is 0.970. The van der Waals surface area contributed by atoms with E-state index in [9.17, 15) is 0 Å². The average Bonchev–Trinajstić information content (AvgIpc) is 2.57. The molecule has 1 heterocycles. The molecular formula is C12H21NO2. The summed E-state index contributed by atoms with van der Waals surface area (Å²) >= 11 is 0. The van der Waals surface area contributed by atoms with Crippen LogP contribution in [0.4, 0.5) is 0 Å². The van der Waals surface area contributed by atoms with E-state index in [1.807, 2.05) is 0 Å². The molecule has 0 unspecified atom stereocenters. The van der Waals surface area contributed by atoms with E-state index in [4.69, 9.17) is 9.52 Å². The largest absolute Gasteiger partial charge is 0.445 e. The first-order chi connectivity index (χ1) is 6.99. The van der Waals surface area contributed by atoms with Gasteiger partial charge in [0.25, 0.3) is 0 Å².